The van der Waals surface area contributed by atoms with E-state index in [2.05, 4.69) is 440 Å². The van der Waals surface area contributed by atoms with E-state index in [-0.39, 0.29) is 0 Å². The highest BCUT2D eigenvalue weighted by Gasteiger charge is 2.26. The van der Waals surface area contributed by atoms with Crippen LogP contribution in [0.15, 0.2) is 449 Å². The number of aryl methyl sites for hydroxylation is 5. The molecule has 31 aromatic rings. The van der Waals surface area contributed by atoms with Crippen molar-refractivity contribution in [3.8, 4) is 34.1 Å². The maximum absolute atomic E-state index is 6.31. The summed E-state index contributed by atoms with van der Waals surface area (Å²) in [6.45, 7) is 10.7. The second-order valence-corrected chi connectivity index (χ2v) is 36.7. The maximum Gasteiger partial charge on any atom is 0.227 e. The smallest absolute Gasteiger partial charge is 0.227 e. The van der Waals surface area contributed by atoms with E-state index in [1.807, 2.05) is 54.9 Å². The minimum Gasteiger partial charge on any atom is -0.454 e. The summed E-state index contributed by atoms with van der Waals surface area (Å²) in [6.07, 6.45) is 8.97. The van der Waals surface area contributed by atoms with E-state index in [4.69, 9.17) is 17.7 Å². The number of rotatable bonds is 6. The number of fused-ring (bicyclic) bond motifs is 30. The van der Waals surface area contributed by atoms with E-state index in [1.165, 1.54) is 159 Å². The van der Waals surface area contributed by atoms with Crippen LogP contribution in [0.4, 0.5) is 0 Å². The third kappa shape index (κ3) is 13.2. The van der Waals surface area contributed by atoms with Crippen LogP contribution >= 0.6 is 0 Å². The van der Waals surface area contributed by atoms with E-state index >= 15 is 0 Å². The number of para-hydroxylation sites is 11. The average Bonchev–Trinajstić information content (AvgIpc) is 1.59. The highest BCUT2D eigenvalue weighted by Crippen LogP contribution is 2.46. The van der Waals surface area contributed by atoms with Gasteiger partial charge in [0.1, 0.15) is 16.6 Å². The Morgan fingerprint density at radius 2 is 0.496 bits per heavy atom. The summed E-state index contributed by atoms with van der Waals surface area (Å²) in [5, 5.41) is 21.8. The fourth-order valence-electron chi connectivity index (χ4n) is 21.9. The van der Waals surface area contributed by atoms with E-state index in [1.54, 1.807) is 18.6 Å². The molecule has 0 aliphatic carbocycles. The van der Waals surface area contributed by atoms with Gasteiger partial charge in [-0.15, -0.1) is 0 Å². The number of benzene rings is 17. The molecule has 0 amide bonds. The molecule has 14 aromatic heterocycles. The van der Waals surface area contributed by atoms with E-state index in [0.29, 0.717) is 5.71 Å². The number of hydrogen-bond donors (Lipinski definition) is 0. The molecule has 0 saturated carbocycles. The molecule has 0 spiro atoms. The van der Waals surface area contributed by atoms with E-state index in [9.17, 15) is 0 Å². The number of pyridine rings is 4. The summed E-state index contributed by atoms with van der Waals surface area (Å²) in [5.41, 5.74) is 35.5. The van der Waals surface area contributed by atoms with Crippen molar-refractivity contribution in [1.82, 2.24) is 47.3 Å². The van der Waals surface area contributed by atoms with Crippen LogP contribution in [0.25, 0.3) is 253 Å². The summed E-state index contributed by atoms with van der Waals surface area (Å²) in [6, 6.07) is 141. The molecule has 0 fully saturated rings. The minimum absolute atomic E-state index is 0.677. The number of nitrogens with zero attached hydrogens (tertiary/aromatic N) is 10. The van der Waals surface area contributed by atoms with Crippen molar-refractivity contribution in [2.45, 2.75) is 34.6 Å². The lowest BCUT2D eigenvalue weighted by atomic mass is 10.1. The van der Waals surface area contributed by atoms with E-state index in [0.717, 1.165) is 116 Å². The van der Waals surface area contributed by atoms with Gasteiger partial charge in [-0.2, -0.15) is 0 Å². The molecule has 0 atom stereocenters. The normalized spacial score (nSPS) is 11.9. The molecule has 14 heterocycles. The fourth-order valence-corrected chi connectivity index (χ4v) is 21.9. The predicted octanol–water partition coefficient (Wildman–Crippen LogP) is 33.7. The fraction of sp³-hybridized carbons (Fsp3) is 0.0394. The van der Waals surface area contributed by atoms with Crippen LogP contribution in [-0.4, -0.2) is 47.3 Å². The zero-order chi connectivity index (χ0) is 93.8. The van der Waals surface area contributed by atoms with Crippen molar-refractivity contribution in [3.05, 3.63) is 459 Å². The first-order valence-corrected chi connectivity index (χ1v) is 47.7. The van der Waals surface area contributed by atoms with Gasteiger partial charge in [0, 0.05) is 133 Å². The number of aromatic nitrogens is 10. The summed E-state index contributed by atoms with van der Waals surface area (Å²) >= 11 is 0. The van der Waals surface area contributed by atoms with Crippen LogP contribution < -0.4 is 0 Å². The van der Waals surface area contributed by atoms with Gasteiger partial charge in [-0.1, -0.05) is 240 Å². The Balaban J connectivity index is 0.0000000885. The van der Waals surface area contributed by atoms with Crippen molar-refractivity contribution >= 4 is 219 Å². The van der Waals surface area contributed by atoms with Gasteiger partial charge in [-0.3, -0.25) is 15.0 Å². The van der Waals surface area contributed by atoms with Gasteiger partial charge in [-0.05, 0) is 223 Å². The quantitative estimate of drug-likeness (QED) is 0.161. The van der Waals surface area contributed by atoms with Crippen molar-refractivity contribution < 1.29 is 17.7 Å². The molecule has 668 valence electrons. The van der Waals surface area contributed by atoms with Crippen LogP contribution in [0.5, 0.6) is 0 Å². The first-order valence-electron chi connectivity index (χ1n) is 47.7. The molecular weight excluding hydrogens is 1730 g/mol. The Labute approximate surface area is 806 Å². The second-order valence-electron chi connectivity index (χ2n) is 36.7. The van der Waals surface area contributed by atoms with Crippen molar-refractivity contribution in [2.75, 3.05) is 0 Å². The Morgan fingerprint density at radius 1 is 0.177 bits per heavy atom. The summed E-state index contributed by atoms with van der Waals surface area (Å²) in [5.74, 6) is 0. The molecule has 0 aliphatic heterocycles. The summed E-state index contributed by atoms with van der Waals surface area (Å²) in [7, 11) is 0. The van der Waals surface area contributed by atoms with Gasteiger partial charge in [0.05, 0.1) is 95.1 Å². The molecule has 0 saturated heterocycles. The molecule has 0 bridgehead atoms. The molecule has 0 aliphatic rings. The standard InChI is InChI=1S/C31H22N2.C25H17NO.2C24H16N2O.C23H15N3O/c1-21-15-17-30-26(19-21)24-11-5-8-14-29(24)33(30)23-16-18-31-27(20-23)25-12-6-7-13-28(25)32(31)22-9-3-2-4-10-22;1-16-13-14-22-20(15-16)17-7-2-4-10-21(17)26(22)23-11-6-9-19-18-8-3-5-12-24(18)27-25(19)23;1-15-11-12-21-19(14-15)16-6-2-3-9-20(16)26(21)22-10-4-7-17-18-8-5-13-25-24(18)27-23(17)22;1-15-9-10-21-19(13-15)16-5-2-3-7-20(16)26(21)22-8-4-6-18-17-11-12-25-14-23(17)27-24(18)22;1-14-8-9-18-16(13-14)15-5-2-3-6-17(15)26(18)19-10-12-25-22-21-20(27-23(19)22)7-4-11-24-21/h2-20H,1H3;2-15H,1H3;2*2-14H,1H3;2-13H,1H3. The average molecular weight is 1820 g/mol. The van der Waals surface area contributed by atoms with E-state index < -0.39 is 0 Å². The SMILES string of the molecule is Cc1ccc2c(c1)c1ccccc1n2-c1ccc2c(c1)c1ccccc1n2-c1ccccc1.Cc1ccc2c(c1)c1ccccc1n2-c1cccc2c1oc1ccccc12.Cc1ccc2c(c1)c1ccccc1n2-c1cccc2c1oc1cnccc12.Cc1ccc2c(c1)c1ccccc1n2-c1cccc2c1oc1ncccc12.Cc1ccc2c(c1)c1ccccc1n2-c1ccnc2c1oc1cccnc12. The van der Waals surface area contributed by atoms with Crippen molar-refractivity contribution in [2.24, 2.45) is 0 Å². The Bertz CT molecular complexity index is 9610. The zero-order valence-electron chi connectivity index (χ0n) is 77.6. The minimum atomic E-state index is 0.677. The molecule has 14 nitrogen and oxygen atoms in total. The van der Waals surface area contributed by atoms with Crippen LogP contribution in [-0.2, 0) is 0 Å². The lowest BCUT2D eigenvalue weighted by Gasteiger charge is -2.10. The zero-order valence-corrected chi connectivity index (χ0v) is 77.6. The molecule has 17 aromatic carbocycles. The van der Waals surface area contributed by atoms with Gasteiger partial charge in [0.2, 0.25) is 5.71 Å². The van der Waals surface area contributed by atoms with Gasteiger partial charge in [-0.25, -0.2) is 4.98 Å². The van der Waals surface area contributed by atoms with Crippen molar-refractivity contribution in [1.29, 1.82) is 0 Å². The monoisotopic (exact) mass is 1810 g/mol. The molecule has 31 rings (SSSR count). The second kappa shape index (κ2) is 32.8. The molecule has 0 radical (unpaired) electrons. The third-order valence-corrected chi connectivity index (χ3v) is 28.0. The topological polar surface area (TPSA) is 134 Å². The molecule has 0 N–H and O–H groups in total. The van der Waals surface area contributed by atoms with Gasteiger partial charge in [0.25, 0.3) is 0 Å². The predicted molar refractivity (Wildman–Crippen MR) is 582 cm³/mol. The lowest BCUT2D eigenvalue weighted by molar-refractivity contribution is 0.652. The molecule has 141 heavy (non-hydrogen) atoms. The van der Waals surface area contributed by atoms with Crippen LogP contribution in [0.1, 0.15) is 27.8 Å². The Morgan fingerprint density at radius 3 is 0.972 bits per heavy atom. The Hall–Kier alpha value is -18.7. The first kappa shape index (κ1) is 81.9. The number of furan rings is 4. The maximum atomic E-state index is 6.31. The summed E-state index contributed by atoms with van der Waals surface area (Å²) < 4.78 is 38.9. The highest BCUT2D eigenvalue weighted by atomic mass is 16.3. The third-order valence-electron chi connectivity index (χ3n) is 28.0. The summed E-state index contributed by atoms with van der Waals surface area (Å²) in [4.78, 5) is 17.6. The largest absolute Gasteiger partial charge is 0.454 e. The van der Waals surface area contributed by atoms with Crippen LogP contribution in [0, 0.1) is 34.6 Å². The van der Waals surface area contributed by atoms with Crippen LogP contribution in [0.3, 0.4) is 0 Å². The lowest BCUT2D eigenvalue weighted by Crippen LogP contribution is -1.95. The highest BCUT2D eigenvalue weighted by molar-refractivity contribution is 6.19. The van der Waals surface area contributed by atoms with Crippen molar-refractivity contribution in [3.63, 3.8) is 0 Å². The van der Waals surface area contributed by atoms with Crippen LogP contribution in [0.2, 0.25) is 0 Å². The number of hydrogen-bond acceptors (Lipinski definition) is 8. The molecule has 14 heteroatoms. The first-order chi connectivity index (χ1) is 69.5. The van der Waals surface area contributed by atoms with Gasteiger partial charge in [0.15, 0.2) is 33.5 Å². The van der Waals surface area contributed by atoms with Gasteiger partial charge < -0.3 is 45.1 Å². The van der Waals surface area contributed by atoms with Gasteiger partial charge >= 0.3 is 0 Å². The Kier molecular flexibility index (Phi) is 19.1. The molecule has 0 unspecified atom stereocenters. The molecular formula is C127H86N10O4.